The number of hydrogen-bond acceptors (Lipinski definition) is 6. The van der Waals surface area contributed by atoms with Crippen LogP contribution >= 0.6 is 0 Å². The number of hydrogen-bond donors (Lipinski definition) is 0. The first kappa shape index (κ1) is 27.3. The van der Waals surface area contributed by atoms with Crippen LogP contribution in [0.4, 0.5) is 4.39 Å². The Labute approximate surface area is 221 Å². The van der Waals surface area contributed by atoms with Gasteiger partial charge in [-0.25, -0.2) is 21.2 Å². The SMILES string of the molecule is O=C(c1ccccc1)[C@H](F)OCc1ccccc1CN(S(=O)(=O)c1ccccc1)S(=O)(=O)c1ccccc1. The molecular formula is C28H24FNO6S2. The second kappa shape index (κ2) is 11.8. The summed E-state index contributed by atoms with van der Waals surface area (Å²) in [4.78, 5) is 11.9. The van der Waals surface area contributed by atoms with Gasteiger partial charge in [-0.3, -0.25) is 4.79 Å². The fourth-order valence-electron chi connectivity index (χ4n) is 3.68. The van der Waals surface area contributed by atoms with Crippen molar-refractivity contribution in [2.75, 3.05) is 0 Å². The molecule has 0 aromatic heterocycles. The summed E-state index contributed by atoms with van der Waals surface area (Å²) in [5.74, 6) is -0.858. The molecule has 0 heterocycles. The molecule has 1 atom stereocenters. The predicted octanol–water partition coefficient (Wildman–Crippen LogP) is 4.96. The van der Waals surface area contributed by atoms with Gasteiger partial charge in [0.25, 0.3) is 26.4 Å². The van der Waals surface area contributed by atoms with E-state index >= 15 is 0 Å². The average Bonchev–Trinajstić information content (AvgIpc) is 2.96. The number of Topliss-reactive ketones (excluding diaryl/α,β-unsaturated/α-hetero) is 1. The summed E-state index contributed by atoms with van der Waals surface area (Å²) in [6.45, 7) is -0.960. The molecule has 4 rings (SSSR count). The maximum atomic E-state index is 14.6. The first-order valence-corrected chi connectivity index (χ1v) is 14.4. The van der Waals surface area contributed by atoms with Gasteiger partial charge < -0.3 is 4.74 Å². The average molecular weight is 554 g/mol. The van der Waals surface area contributed by atoms with Gasteiger partial charge in [-0.15, -0.1) is 0 Å². The number of halogens is 1. The maximum absolute atomic E-state index is 14.6. The Bertz CT molecular complexity index is 1530. The van der Waals surface area contributed by atoms with Crippen LogP contribution in [0.15, 0.2) is 125 Å². The van der Waals surface area contributed by atoms with Gasteiger partial charge in [-0.05, 0) is 35.4 Å². The molecule has 0 aliphatic rings. The number of ether oxygens (including phenoxy) is 1. The van der Waals surface area contributed by atoms with E-state index in [2.05, 4.69) is 0 Å². The zero-order chi connectivity index (χ0) is 27.2. The third-order valence-electron chi connectivity index (χ3n) is 5.69. The highest BCUT2D eigenvalue weighted by Gasteiger charge is 2.37. The van der Waals surface area contributed by atoms with Crippen LogP contribution in [0.1, 0.15) is 21.5 Å². The predicted molar refractivity (Wildman–Crippen MR) is 140 cm³/mol. The highest BCUT2D eigenvalue weighted by molar-refractivity contribution is 8.04. The molecule has 10 heteroatoms. The van der Waals surface area contributed by atoms with Crippen molar-refractivity contribution in [1.29, 1.82) is 0 Å². The Morgan fingerprint density at radius 2 is 1.08 bits per heavy atom. The van der Waals surface area contributed by atoms with Crippen LogP contribution in [0.3, 0.4) is 0 Å². The van der Waals surface area contributed by atoms with Crippen LogP contribution in [0.25, 0.3) is 0 Å². The molecular weight excluding hydrogens is 529 g/mol. The first-order valence-electron chi connectivity index (χ1n) is 11.5. The second-order valence-electron chi connectivity index (χ2n) is 8.19. The van der Waals surface area contributed by atoms with Gasteiger partial charge in [0.2, 0.25) is 5.78 Å². The van der Waals surface area contributed by atoms with E-state index in [9.17, 15) is 26.0 Å². The zero-order valence-electron chi connectivity index (χ0n) is 20.1. The number of alkyl halides is 1. The molecule has 0 spiro atoms. The molecule has 38 heavy (non-hydrogen) atoms. The van der Waals surface area contributed by atoms with E-state index in [1.165, 1.54) is 66.7 Å². The molecule has 0 aliphatic carbocycles. The minimum Gasteiger partial charge on any atom is -0.337 e. The Morgan fingerprint density at radius 3 is 1.58 bits per heavy atom. The van der Waals surface area contributed by atoms with E-state index in [-0.39, 0.29) is 27.5 Å². The van der Waals surface area contributed by atoms with Crippen molar-refractivity contribution < 1.29 is 30.8 Å². The molecule has 7 nitrogen and oxygen atoms in total. The summed E-state index contributed by atoms with van der Waals surface area (Å²) >= 11 is 0. The summed E-state index contributed by atoms with van der Waals surface area (Å²) in [6, 6.07) is 28.6. The van der Waals surface area contributed by atoms with Crippen LogP contribution in [0.2, 0.25) is 0 Å². The number of rotatable bonds is 11. The highest BCUT2D eigenvalue weighted by Crippen LogP contribution is 2.28. The van der Waals surface area contributed by atoms with E-state index in [4.69, 9.17) is 4.74 Å². The van der Waals surface area contributed by atoms with E-state index in [1.54, 1.807) is 48.5 Å². The summed E-state index contributed by atoms with van der Waals surface area (Å²) in [5, 5.41) is 0. The van der Waals surface area contributed by atoms with E-state index in [1.807, 2.05) is 0 Å². The van der Waals surface area contributed by atoms with Gasteiger partial charge in [0, 0.05) is 5.56 Å². The van der Waals surface area contributed by atoms with Crippen molar-refractivity contribution in [3.8, 4) is 0 Å². The third kappa shape index (κ3) is 6.05. The fraction of sp³-hybridized carbons (Fsp3) is 0.107. The van der Waals surface area contributed by atoms with Gasteiger partial charge in [0.1, 0.15) is 0 Å². The standard InChI is InChI=1S/C28H24FNO6S2/c29-28(27(31)22-12-4-1-5-13-22)36-21-24-15-11-10-14-23(24)20-30(37(32,33)25-16-6-2-7-17-25)38(34,35)26-18-8-3-9-19-26/h1-19,28H,20-21H2/t28-/m1/s1. The van der Waals surface area contributed by atoms with Gasteiger partial charge in [-0.1, -0.05) is 94.7 Å². The maximum Gasteiger partial charge on any atom is 0.263 e. The number of sulfonamides is 2. The summed E-state index contributed by atoms with van der Waals surface area (Å²) in [6.07, 6.45) is -2.26. The molecule has 0 amide bonds. The molecule has 4 aromatic rings. The van der Waals surface area contributed by atoms with Crippen molar-refractivity contribution in [3.63, 3.8) is 0 Å². The fourth-order valence-corrected chi connectivity index (χ4v) is 7.32. The van der Waals surface area contributed by atoms with Crippen LogP contribution in [-0.4, -0.2) is 32.7 Å². The van der Waals surface area contributed by atoms with E-state index in [0.29, 0.717) is 9.27 Å². The number of nitrogens with zero attached hydrogens (tertiary/aromatic N) is 1. The normalized spacial score (nSPS) is 12.8. The molecule has 0 saturated carbocycles. The molecule has 0 bridgehead atoms. The molecule has 0 radical (unpaired) electrons. The lowest BCUT2D eigenvalue weighted by Crippen LogP contribution is -2.36. The van der Waals surface area contributed by atoms with Gasteiger partial charge >= 0.3 is 0 Å². The lowest BCUT2D eigenvalue weighted by Gasteiger charge is -2.23. The van der Waals surface area contributed by atoms with Crippen LogP contribution in [-0.2, 0) is 37.9 Å². The van der Waals surface area contributed by atoms with E-state index < -0.39 is 38.7 Å². The molecule has 0 N–H and O–H groups in total. The van der Waals surface area contributed by atoms with Crippen molar-refractivity contribution in [3.05, 3.63) is 132 Å². The Balaban J connectivity index is 1.66. The van der Waals surface area contributed by atoms with E-state index in [0.717, 1.165) is 0 Å². The van der Waals surface area contributed by atoms with Crippen molar-refractivity contribution in [2.24, 2.45) is 0 Å². The number of carbonyl (C=O) groups excluding carboxylic acids is 1. The quantitative estimate of drug-likeness (QED) is 0.244. The first-order chi connectivity index (χ1) is 18.2. The van der Waals surface area contributed by atoms with Crippen LogP contribution in [0, 0.1) is 0 Å². The van der Waals surface area contributed by atoms with Crippen LogP contribution in [0.5, 0.6) is 0 Å². The molecule has 4 aromatic carbocycles. The number of carbonyl (C=O) groups is 1. The van der Waals surface area contributed by atoms with Crippen LogP contribution < -0.4 is 0 Å². The molecule has 0 unspecified atom stereocenters. The smallest absolute Gasteiger partial charge is 0.263 e. The third-order valence-corrected chi connectivity index (χ3v) is 9.93. The summed E-state index contributed by atoms with van der Waals surface area (Å²) < 4.78 is 74.6. The lowest BCUT2D eigenvalue weighted by atomic mass is 10.1. The Hall–Kier alpha value is -3.70. The molecule has 0 aliphatic heterocycles. The summed E-state index contributed by atoms with van der Waals surface area (Å²) in [5.41, 5.74) is 0.737. The van der Waals surface area contributed by atoms with Gasteiger partial charge in [0.15, 0.2) is 0 Å². The zero-order valence-corrected chi connectivity index (χ0v) is 21.7. The second-order valence-corrected chi connectivity index (χ2v) is 12.1. The van der Waals surface area contributed by atoms with Gasteiger partial charge in [-0.2, -0.15) is 0 Å². The largest absolute Gasteiger partial charge is 0.337 e. The molecule has 0 saturated heterocycles. The Kier molecular flexibility index (Phi) is 8.48. The monoisotopic (exact) mass is 553 g/mol. The minimum atomic E-state index is -4.53. The van der Waals surface area contributed by atoms with Crippen molar-refractivity contribution >= 4 is 25.8 Å². The number of benzene rings is 4. The highest BCUT2D eigenvalue weighted by atomic mass is 32.3. The van der Waals surface area contributed by atoms with Crippen molar-refractivity contribution in [1.82, 2.24) is 3.71 Å². The lowest BCUT2D eigenvalue weighted by molar-refractivity contribution is -0.0297. The molecule has 0 fully saturated rings. The minimum absolute atomic E-state index is 0.141. The van der Waals surface area contributed by atoms with Gasteiger partial charge in [0.05, 0.1) is 22.9 Å². The topological polar surface area (TPSA) is 97.8 Å². The van der Waals surface area contributed by atoms with Crippen molar-refractivity contribution in [2.45, 2.75) is 29.3 Å². The number of ketones is 1. The molecule has 196 valence electrons. The summed E-state index contributed by atoms with van der Waals surface area (Å²) in [7, 11) is -9.05. The Morgan fingerprint density at radius 1 is 0.658 bits per heavy atom.